The number of aliphatic imine (C=N–C) groups is 1. The van der Waals surface area contributed by atoms with Crippen molar-refractivity contribution in [3.63, 3.8) is 0 Å². The summed E-state index contributed by atoms with van der Waals surface area (Å²) in [6.45, 7) is 5.48. The molecule has 0 aromatic heterocycles. The van der Waals surface area contributed by atoms with E-state index < -0.39 is 0 Å². The Bertz CT molecular complexity index is 1160. The zero-order valence-electron chi connectivity index (χ0n) is 18.3. The van der Waals surface area contributed by atoms with Crippen molar-refractivity contribution in [2.45, 2.75) is 6.92 Å². The first-order valence-corrected chi connectivity index (χ1v) is 10.8. The van der Waals surface area contributed by atoms with Gasteiger partial charge in [0.1, 0.15) is 5.75 Å². The predicted molar refractivity (Wildman–Crippen MR) is 129 cm³/mol. The van der Waals surface area contributed by atoms with E-state index in [4.69, 9.17) is 19.6 Å². The number of hydrogen-bond acceptors (Lipinski definition) is 6. The molecule has 0 saturated carbocycles. The van der Waals surface area contributed by atoms with Gasteiger partial charge >= 0.3 is 0 Å². The minimum absolute atomic E-state index is 0.706. The molecular formula is C26H26N4O2. The van der Waals surface area contributed by atoms with Gasteiger partial charge in [-0.25, -0.2) is 4.99 Å². The maximum absolute atomic E-state index is 5.47. The minimum atomic E-state index is 0.706. The third kappa shape index (κ3) is 4.09. The van der Waals surface area contributed by atoms with E-state index in [0.717, 1.165) is 60.1 Å². The molecule has 0 bridgehead atoms. The van der Waals surface area contributed by atoms with Crippen molar-refractivity contribution in [2.75, 3.05) is 38.3 Å². The van der Waals surface area contributed by atoms with Gasteiger partial charge in [-0.05, 0) is 55.5 Å². The van der Waals surface area contributed by atoms with Crippen LogP contribution in [0.1, 0.15) is 22.3 Å². The molecule has 3 aromatic rings. The number of fused-ring (bicyclic) bond motifs is 1. The normalized spacial score (nSPS) is 15.8. The summed E-state index contributed by atoms with van der Waals surface area (Å²) in [5.41, 5.74) is 10.4. The number of anilines is 1. The van der Waals surface area contributed by atoms with Gasteiger partial charge in [-0.15, -0.1) is 0 Å². The molecule has 32 heavy (non-hydrogen) atoms. The van der Waals surface area contributed by atoms with Crippen molar-refractivity contribution in [3.8, 4) is 5.75 Å². The van der Waals surface area contributed by atoms with Crippen molar-refractivity contribution in [1.82, 2.24) is 5.43 Å². The van der Waals surface area contributed by atoms with Crippen molar-refractivity contribution in [2.24, 2.45) is 10.1 Å². The number of benzene rings is 3. The molecule has 3 aromatic carbocycles. The van der Waals surface area contributed by atoms with Gasteiger partial charge in [0, 0.05) is 35.5 Å². The van der Waals surface area contributed by atoms with Crippen molar-refractivity contribution >= 4 is 22.9 Å². The molecule has 6 heteroatoms. The van der Waals surface area contributed by atoms with Crippen molar-refractivity contribution < 1.29 is 9.47 Å². The molecule has 2 heterocycles. The topological polar surface area (TPSA) is 58.5 Å². The van der Waals surface area contributed by atoms with Crippen LogP contribution in [0.15, 0.2) is 76.8 Å². The highest BCUT2D eigenvalue weighted by molar-refractivity contribution is 6.18. The molecule has 0 amide bonds. The number of hydrazone groups is 1. The molecule has 0 aliphatic carbocycles. The Balaban J connectivity index is 1.50. The van der Waals surface area contributed by atoms with Gasteiger partial charge in [0.2, 0.25) is 0 Å². The average Bonchev–Trinajstić information content (AvgIpc) is 3.04. The van der Waals surface area contributed by atoms with Crippen LogP contribution in [0, 0.1) is 6.92 Å². The summed E-state index contributed by atoms with van der Waals surface area (Å²) in [6, 6.07) is 22.7. The lowest BCUT2D eigenvalue weighted by Crippen LogP contribution is -2.36. The summed E-state index contributed by atoms with van der Waals surface area (Å²) in [7, 11) is 1.66. The second kappa shape index (κ2) is 8.85. The fourth-order valence-electron chi connectivity index (χ4n) is 4.00. The number of hydrogen-bond donors (Lipinski definition) is 1. The first-order valence-electron chi connectivity index (χ1n) is 10.8. The Morgan fingerprint density at radius 2 is 1.62 bits per heavy atom. The van der Waals surface area contributed by atoms with Gasteiger partial charge in [0.25, 0.3) is 0 Å². The third-order valence-corrected chi connectivity index (χ3v) is 5.79. The summed E-state index contributed by atoms with van der Waals surface area (Å²) >= 11 is 0. The second-order valence-electron chi connectivity index (χ2n) is 7.93. The lowest BCUT2D eigenvalue weighted by molar-refractivity contribution is 0.122. The van der Waals surface area contributed by atoms with E-state index in [9.17, 15) is 0 Å². The van der Waals surface area contributed by atoms with Gasteiger partial charge in [0.15, 0.2) is 5.84 Å². The molecule has 5 rings (SSSR count). The molecule has 162 valence electrons. The lowest BCUT2D eigenvalue weighted by Gasteiger charge is -2.29. The van der Waals surface area contributed by atoms with Gasteiger partial charge in [0.05, 0.1) is 31.7 Å². The molecule has 1 fully saturated rings. The van der Waals surface area contributed by atoms with Gasteiger partial charge in [-0.2, -0.15) is 5.10 Å². The Morgan fingerprint density at radius 1 is 0.906 bits per heavy atom. The van der Waals surface area contributed by atoms with Crippen molar-refractivity contribution in [1.29, 1.82) is 0 Å². The maximum Gasteiger partial charge on any atom is 0.154 e. The summed E-state index contributed by atoms with van der Waals surface area (Å²) in [5.74, 6) is 1.52. The number of amidine groups is 1. The average molecular weight is 427 g/mol. The summed E-state index contributed by atoms with van der Waals surface area (Å²) in [4.78, 5) is 7.25. The van der Waals surface area contributed by atoms with E-state index in [1.807, 2.05) is 24.3 Å². The van der Waals surface area contributed by atoms with Crippen LogP contribution in [0.5, 0.6) is 5.75 Å². The van der Waals surface area contributed by atoms with Crippen LogP contribution in [0.4, 0.5) is 11.4 Å². The molecule has 0 atom stereocenters. The first-order chi connectivity index (χ1) is 15.7. The molecule has 2 aliphatic heterocycles. The van der Waals surface area contributed by atoms with Gasteiger partial charge < -0.3 is 14.4 Å². The van der Waals surface area contributed by atoms with Crippen LogP contribution in [-0.4, -0.2) is 45.0 Å². The molecule has 0 radical (unpaired) electrons. The lowest BCUT2D eigenvalue weighted by atomic mass is 9.98. The Morgan fingerprint density at radius 3 is 2.34 bits per heavy atom. The highest BCUT2D eigenvalue weighted by Crippen LogP contribution is 2.28. The second-order valence-corrected chi connectivity index (χ2v) is 7.93. The van der Waals surface area contributed by atoms with Crippen molar-refractivity contribution in [3.05, 3.63) is 89.0 Å². The third-order valence-electron chi connectivity index (χ3n) is 5.79. The van der Waals surface area contributed by atoms with Crippen LogP contribution in [-0.2, 0) is 4.74 Å². The van der Waals surface area contributed by atoms with Gasteiger partial charge in [-0.3, -0.25) is 5.43 Å². The summed E-state index contributed by atoms with van der Waals surface area (Å²) in [6.07, 6.45) is 0. The number of ether oxygens (including phenoxy) is 2. The van der Waals surface area contributed by atoms with E-state index in [1.165, 1.54) is 11.3 Å². The molecule has 0 spiro atoms. The SMILES string of the molecule is COc1ccc(C2=Nc3ccc(C)cc3C(c3ccc(N4CCOCC4)cc3)=NN2)cc1. The monoisotopic (exact) mass is 426 g/mol. The molecule has 2 aliphatic rings. The number of rotatable bonds is 4. The van der Waals surface area contributed by atoms with Crippen LogP contribution in [0.2, 0.25) is 0 Å². The number of nitrogens with one attached hydrogen (secondary N) is 1. The Kier molecular flexibility index (Phi) is 5.60. The highest BCUT2D eigenvalue weighted by atomic mass is 16.5. The van der Waals surface area contributed by atoms with Crippen LogP contribution >= 0.6 is 0 Å². The summed E-state index contributed by atoms with van der Waals surface area (Å²) in [5, 5.41) is 4.79. The zero-order valence-corrected chi connectivity index (χ0v) is 18.3. The molecule has 1 saturated heterocycles. The largest absolute Gasteiger partial charge is 0.497 e. The Labute approximate surface area is 188 Å². The quantitative estimate of drug-likeness (QED) is 0.677. The maximum atomic E-state index is 5.47. The highest BCUT2D eigenvalue weighted by Gasteiger charge is 2.18. The van der Waals surface area contributed by atoms with Crippen LogP contribution in [0.25, 0.3) is 0 Å². The number of morpholine rings is 1. The molecule has 1 N–H and O–H groups in total. The Hall–Kier alpha value is -3.64. The van der Waals surface area contributed by atoms with E-state index in [2.05, 4.69) is 59.7 Å². The fraction of sp³-hybridized carbons (Fsp3) is 0.231. The molecule has 0 unspecified atom stereocenters. The van der Waals surface area contributed by atoms with Gasteiger partial charge in [-0.1, -0.05) is 23.8 Å². The fourth-order valence-corrected chi connectivity index (χ4v) is 4.00. The number of aryl methyl sites for hydroxylation is 1. The van der Waals surface area contributed by atoms with Crippen LogP contribution in [0.3, 0.4) is 0 Å². The number of nitrogens with zero attached hydrogens (tertiary/aromatic N) is 3. The molecular weight excluding hydrogens is 400 g/mol. The van der Waals surface area contributed by atoms with E-state index in [-0.39, 0.29) is 0 Å². The predicted octanol–water partition coefficient (Wildman–Crippen LogP) is 4.27. The van der Waals surface area contributed by atoms with Crippen LogP contribution < -0.4 is 15.1 Å². The zero-order chi connectivity index (χ0) is 21.9. The van der Waals surface area contributed by atoms with E-state index >= 15 is 0 Å². The molecule has 6 nitrogen and oxygen atoms in total. The summed E-state index contributed by atoms with van der Waals surface area (Å²) < 4.78 is 10.8. The number of methoxy groups -OCH3 is 1. The minimum Gasteiger partial charge on any atom is -0.497 e. The first kappa shape index (κ1) is 20.3. The van der Waals surface area contributed by atoms with E-state index in [0.29, 0.717) is 5.84 Å². The van der Waals surface area contributed by atoms with E-state index in [1.54, 1.807) is 7.11 Å². The standard InChI is InChI=1S/C26H26N4O2/c1-18-3-12-24-23(17-18)25(19-4-8-21(9-5-19)30-13-15-32-16-14-30)28-29-26(27-24)20-6-10-22(31-2)11-7-20/h3-12,17H,13-16H2,1-2H3,(H,27,29). The smallest absolute Gasteiger partial charge is 0.154 e.